The summed E-state index contributed by atoms with van der Waals surface area (Å²) < 4.78 is 13.2. The lowest BCUT2D eigenvalue weighted by atomic mass is 9.91. The van der Waals surface area contributed by atoms with Crippen molar-refractivity contribution in [2.75, 3.05) is 45.3 Å². The minimum Gasteiger partial charge on any atom is -0.385 e. The molecule has 0 radical (unpaired) electrons. The van der Waals surface area contributed by atoms with E-state index in [1.165, 1.54) is 22.2 Å². The third kappa shape index (κ3) is 7.22. The number of amides is 2. The van der Waals surface area contributed by atoms with Crippen molar-refractivity contribution in [1.29, 1.82) is 0 Å². The lowest BCUT2D eigenvalue weighted by molar-refractivity contribution is -0.132. The second kappa shape index (κ2) is 14.3. The standard InChI is InChI=1S/C34H46N4O4/c1-24-30-8-3-4-9-31(30)38(17-6-18-41-2)33(24)27-7-5-16-37(23-27)32(39)22-28(35)21-25-10-12-29(13-11-25)36-34(40)26-14-19-42-20-15-26/h3-4,8-13,26-28H,5-7,14-23,35H2,1-2H3,(H,36,40). The van der Waals surface area contributed by atoms with Crippen molar-refractivity contribution in [2.45, 2.75) is 70.4 Å². The van der Waals surface area contributed by atoms with Crippen molar-refractivity contribution < 1.29 is 19.1 Å². The van der Waals surface area contributed by atoms with Crippen molar-refractivity contribution in [2.24, 2.45) is 11.7 Å². The molecular formula is C34H46N4O4. The number of aryl methyl sites for hydroxylation is 2. The van der Waals surface area contributed by atoms with Crippen LogP contribution in [0.5, 0.6) is 0 Å². The molecule has 0 spiro atoms. The fraction of sp³-hybridized carbons (Fsp3) is 0.529. The van der Waals surface area contributed by atoms with E-state index >= 15 is 0 Å². The Labute approximate surface area is 249 Å². The van der Waals surface area contributed by atoms with Crippen LogP contribution in [-0.2, 0) is 32.0 Å². The minimum absolute atomic E-state index is 0.00942. The molecule has 8 nitrogen and oxygen atoms in total. The summed E-state index contributed by atoms with van der Waals surface area (Å²) >= 11 is 0. The van der Waals surface area contributed by atoms with Crippen molar-refractivity contribution in [3.05, 3.63) is 65.4 Å². The number of piperidine rings is 1. The van der Waals surface area contributed by atoms with Crippen LogP contribution in [0.1, 0.15) is 61.3 Å². The third-order valence-corrected chi connectivity index (χ3v) is 8.91. The summed E-state index contributed by atoms with van der Waals surface area (Å²) in [4.78, 5) is 28.0. The maximum Gasteiger partial charge on any atom is 0.227 e. The lowest BCUT2D eigenvalue weighted by Gasteiger charge is -2.34. The number of fused-ring (bicyclic) bond motifs is 1. The number of aromatic nitrogens is 1. The van der Waals surface area contributed by atoms with E-state index in [2.05, 4.69) is 41.1 Å². The van der Waals surface area contributed by atoms with Gasteiger partial charge < -0.3 is 30.0 Å². The van der Waals surface area contributed by atoms with Gasteiger partial charge in [0, 0.05) is 93.1 Å². The Morgan fingerprint density at radius 1 is 1.10 bits per heavy atom. The number of nitrogens with two attached hydrogens (primary N) is 1. The first-order chi connectivity index (χ1) is 20.4. The highest BCUT2D eigenvalue weighted by atomic mass is 16.5. The molecule has 2 saturated heterocycles. The minimum atomic E-state index is -0.261. The number of rotatable bonds is 11. The molecule has 2 unspecified atom stereocenters. The quantitative estimate of drug-likeness (QED) is 0.314. The van der Waals surface area contributed by atoms with Gasteiger partial charge in [-0.3, -0.25) is 9.59 Å². The van der Waals surface area contributed by atoms with Crippen LogP contribution in [-0.4, -0.2) is 67.3 Å². The lowest BCUT2D eigenvalue weighted by Crippen LogP contribution is -2.42. The number of carbonyl (C=O) groups excluding carboxylic acids is 2. The maximum atomic E-state index is 13.4. The summed E-state index contributed by atoms with van der Waals surface area (Å²) in [7, 11) is 1.75. The molecule has 2 atom stereocenters. The van der Waals surface area contributed by atoms with Crippen molar-refractivity contribution in [3.8, 4) is 0 Å². The van der Waals surface area contributed by atoms with Gasteiger partial charge in [0.05, 0.1) is 0 Å². The molecule has 0 aliphatic carbocycles. The summed E-state index contributed by atoms with van der Waals surface area (Å²) in [5.41, 5.74) is 12.3. The summed E-state index contributed by atoms with van der Waals surface area (Å²) in [6, 6.07) is 16.2. The summed E-state index contributed by atoms with van der Waals surface area (Å²) in [6.45, 7) is 6.66. The van der Waals surface area contributed by atoms with E-state index in [9.17, 15) is 9.59 Å². The second-order valence-corrected chi connectivity index (χ2v) is 11.9. The van der Waals surface area contributed by atoms with Crippen LogP contribution in [0.3, 0.4) is 0 Å². The van der Waals surface area contributed by atoms with E-state index in [1.807, 2.05) is 29.2 Å². The average molecular weight is 575 g/mol. The van der Waals surface area contributed by atoms with Gasteiger partial charge in [-0.25, -0.2) is 0 Å². The smallest absolute Gasteiger partial charge is 0.227 e. The number of hydrogen-bond acceptors (Lipinski definition) is 5. The molecule has 2 aliphatic rings. The fourth-order valence-corrected chi connectivity index (χ4v) is 6.71. The van der Waals surface area contributed by atoms with E-state index in [0.717, 1.165) is 69.6 Å². The number of methoxy groups -OCH3 is 1. The van der Waals surface area contributed by atoms with Gasteiger partial charge in [0.25, 0.3) is 0 Å². The number of carbonyl (C=O) groups is 2. The average Bonchev–Trinajstić information content (AvgIpc) is 3.30. The van der Waals surface area contributed by atoms with Crippen LogP contribution >= 0.6 is 0 Å². The first-order valence-corrected chi connectivity index (χ1v) is 15.5. The molecule has 5 rings (SSSR count). The van der Waals surface area contributed by atoms with Crippen LogP contribution in [0.25, 0.3) is 10.9 Å². The van der Waals surface area contributed by atoms with Gasteiger partial charge in [0.2, 0.25) is 11.8 Å². The molecular weight excluding hydrogens is 528 g/mol. The first kappa shape index (κ1) is 30.3. The number of hydrogen-bond donors (Lipinski definition) is 2. The molecule has 42 heavy (non-hydrogen) atoms. The highest BCUT2D eigenvalue weighted by Gasteiger charge is 2.30. The van der Waals surface area contributed by atoms with E-state index < -0.39 is 0 Å². The Morgan fingerprint density at radius 3 is 2.62 bits per heavy atom. The Balaban J connectivity index is 1.18. The molecule has 226 valence electrons. The van der Waals surface area contributed by atoms with E-state index in [4.69, 9.17) is 15.2 Å². The molecule has 8 heteroatoms. The van der Waals surface area contributed by atoms with Gasteiger partial charge in [-0.2, -0.15) is 0 Å². The largest absolute Gasteiger partial charge is 0.385 e. The predicted molar refractivity (Wildman–Crippen MR) is 167 cm³/mol. The molecule has 2 amide bonds. The Bertz CT molecular complexity index is 1350. The van der Waals surface area contributed by atoms with E-state index in [-0.39, 0.29) is 23.8 Å². The van der Waals surface area contributed by atoms with Crippen molar-refractivity contribution in [1.82, 2.24) is 9.47 Å². The number of nitrogens with one attached hydrogen (secondary N) is 1. The number of anilines is 1. The van der Waals surface area contributed by atoms with Crippen LogP contribution in [0.2, 0.25) is 0 Å². The fourth-order valence-electron chi connectivity index (χ4n) is 6.71. The van der Waals surface area contributed by atoms with Crippen LogP contribution < -0.4 is 11.1 Å². The summed E-state index contributed by atoms with van der Waals surface area (Å²) in [5.74, 6) is 0.499. The Kier molecular flexibility index (Phi) is 10.3. The van der Waals surface area contributed by atoms with Gasteiger partial charge in [-0.1, -0.05) is 30.3 Å². The zero-order chi connectivity index (χ0) is 29.5. The van der Waals surface area contributed by atoms with Crippen LogP contribution in [0.4, 0.5) is 5.69 Å². The normalized spacial score (nSPS) is 18.7. The topological polar surface area (TPSA) is 98.8 Å². The van der Waals surface area contributed by atoms with E-state index in [1.54, 1.807) is 7.11 Å². The first-order valence-electron chi connectivity index (χ1n) is 15.5. The molecule has 1 aromatic heterocycles. The van der Waals surface area contributed by atoms with Crippen LogP contribution in [0, 0.1) is 12.8 Å². The zero-order valence-electron chi connectivity index (χ0n) is 25.1. The SMILES string of the molecule is COCCCn1c(C2CCCN(C(=O)CC(N)Cc3ccc(NC(=O)C4CCOCC4)cc3)C2)c(C)c2ccccc21. The monoisotopic (exact) mass is 574 g/mol. The predicted octanol–water partition coefficient (Wildman–Crippen LogP) is 5.02. The molecule has 3 heterocycles. The molecule has 0 bridgehead atoms. The molecule has 3 N–H and O–H groups in total. The second-order valence-electron chi connectivity index (χ2n) is 11.9. The number of ether oxygens (including phenoxy) is 2. The highest BCUT2D eigenvalue weighted by Crippen LogP contribution is 2.36. The number of para-hydroxylation sites is 1. The molecule has 2 aromatic carbocycles. The zero-order valence-corrected chi connectivity index (χ0v) is 25.1. The summed E-state index contributed by atoms with van der Waals surface area (Å²) in [5, 5.41) is 4.32. The van der Waals surface area contributed by atoms with Gasteiger partial charge in [-0.15, -0.1) is 0 Å². The highest BCUT2D eigenvalue weighted by molar-refractivity contribution is 5.92. The summed E-state index contributed by atoms with van der Waals surface area (Å²) in [6.07, 6.45) is 5.49. The Morgan fingerprint density at radius 2 is 1.86 bits per heavy atom. The molecule has 2 fully saturated rings. The molecule has 3 aromatic rings. The van der Waals surface area contributed by atoms with Crippen molar-refractivity contribution >= 4 is 28.4 Å². The van der Waals surface area contributed by atoms with Gasteiger partial charge >= 0.3 is 0 Å². The van der Waals surface area contributed by atoms with E-state index in [0.29, 0.717) is 32.0 Å². The third-order valence-electron chi connectivity index (χ3n) is 8.91. The van der Waals surface area contributed by atoms with Gasteiger partial charge in [0.1, 0.15) is 0 Å². The number of likely N-dealkylation sites (tertiary alicyclic amines) is 1. The molecule has 2 aliphatic heterocycles. The maximum absolute atomic E-state index is 13.4. The molecule has 0 saturated carbocycles. The van der Waals surface area contributed by atoms with Crippen LogP contribution in [0.15, 0.2) is 48.5 Å². The number of benzene rings is 2. The Hall–Kier alpha value is -3.20. The number of nitrogens with zero attached hydrogens (tertiary/aromatic N) is 2. The van der Waals surface area contributed by atoms with Crippen molar-refractivity contribution in [3.63, 3.8) is 0 Å². The van der Waals surface area contributed by atoms with Gasteiger partial charge in [-0.05, 0) is 74.8 Å². The van der Waals surface area contributed by atoms with Gasteiger partial charge in [0.15, 0.2) is 0 Å².